The van der Waals surface area contributed by atoms with Gasteiger partial charge in [0, 0.05) is 23.3 Å². The molecule has 0 spiro atoms. The standard InChI is InChI=1S/C10H9BrN2S/c1-12-10-13-6-9(14-10)7-4-2-3-5-8(7)11/h2-6H,1H3,(H,12,13). The van der Waals surface area contributed by atoms with Crippen molar-refractivity contribution in [2.75, 3.05) is 12.4 Å². The summed E-state index contributed by atoms with van der Waals surface area (Å²) in [5.74, 6) is 0. The second-order valence-electron chi connectivity index (χ2n) is 2.76. The van der Waals surface area contributed by atoms with Gasteiger partial charge in [-0.3, -0.25) is 0 Å². The fourth-order valence-corrected chi connectivity index (χ4v) is 2.61. The molecule has 14 heavy (non-hydrogen) atoms. The van der Waals surface area contributed by atoms with Crippen LogP contribution in [0.2, 0.25) is 0 Å². The molecule has 2 rings (SSSR count). The van der Waals surface area contributed by atoms with E-state index in [2.05, 4.69) is 32.3 Å². The number of hydrogen-bond donors (Lipinski definition) is 1. The van der Waals surface area contributed by atoms with Crippen molar-refractivity contribution in [3.8, 4) is 10.4 Å². The predicted molar refractivity (Wildman–Crippen MR) is 64.8 cm³/mol. The molecule has 0 amide bonds. The molecule has 0 aliphatic carbocycles. The number of benzene rings is 1. The molecule has 1 aromatic carbocycles. The van der Waals surface area contributed by atoms with Gasteiger partial charge in [0.15, 0.2) is 5.13 Å². The van der Waals surface area contributed by atoms with E-state index in [1.54, 1.807) is 11.3 Å². The van der Waals surface area contributed by atoms with Gasteiger partial charge in [0.2, 0.25) is 0 Å². The van der Waals surface area contributed by atoms with E-state index in [0.29, 0.717) is 0 Å². The van der Waals surface area contributed by atoms with Crippen molar-refractivity contribution in [2.24, 2.45) is 0 Å². The van der Waals surface area contributed by atoms with E-state index in [4.69, 9.17) is 0 Å². The van der Waals surface area contributed by atoms with Crippen LogP contribution in [0, 0.1) is 0 Å². The largest absolute Gasteiger partial charge is 0.365 e. The van der Waals surface area contributed by atoms with Crippen LogP contribution in [0.3, 0.4) is 0 Å². The second kappa shape index (κ2) is 4.11. The molecule has 4 heteroatoms. The summed E-state index contributed by atoms with van der Waals surface area (Å²) in [7, 11) is 1.88. The Morgan fingerprint density at radius 1 is 1.36 bits per heavy atom. The lowest BCUT2D eigenvalue weighted by Gasteiger charge is -1.98. The number of nitrogens with zero attached hydrogens (tertiary/aromatic N) is 1. The van der Waals surface area contributed by atoms with Crippen LogP contribution in [0.1, 0.15) is 0 Å². The maximum Gasteiger partial charge on any atom is 0.182 e. The zero-order valence-electron chi connectivity index (χ0n) is 7.62. The van der Waals surface area contributed by atoms with E-state index in [0.717, 1.165) is 9.60 Å². The molecule has 0 saturated carbocycles. The number of anilines is 1. The molecule has 1 aromatic heterocycles. The number of aromatic nitrogens is 1. The van der Waals surface area contributed by atoms with E-state index < -0.39 is 0 Å². The molecule has 0 unspecified atom stereocenters. The number of rotatable bonds is 2. The first-order valence-electron chi connectivity index (χ1n) is 4.20. The predicted octanol–water partition coefficient (Wildman–Crippen LogP) is 3.61. The van der Waals surface area contributed by atoms with Gasteiger partial charge in [-0.2, -0.15) is 0 Å². The average Bonchev–Trinajstić information content (AvgIpc) is 2.67. The first kappa shape index (κ1) is 9.68. The monoisotopic (exact) mass is 268 g/mol. The third-order valence-electron chi connectivity index (χ3n) is 1.86. The Morgan fingerprint density at radius 2 is 2.14 bits per heavy atom. The molecule has 0 radical (unpaired) electrons. The molecule has 2 aromatic rings. The molecule has 72 valence electrons. The third kappa shape index (κ3) is 1.81. The maximum absolute atomic E-state index is 4.24. The Kier molecular flexibility index (Phi) is 2.84. The summed E-state index contributed by atoms with van der Waals surface area (Å²) in [5, 5.41) is 3.97. The van der Waals surface area contributed by atoms with Crippen LogP contribution in [0.15, 0.2) is 34.9 Å². The van der Waals surface area contributed by atoms with Crippen molar-refractivity contribution < 1.29 is 0 Å². The molecule has 0 aliphatic heterocycles. The first-order chi connectivity index (χ1) is 6.81. The second-order valence-corrected chi connectivity index (χ2v) is 4.64. The zero-order valence-corrected chi connectivity index (χ0v) is 10.0. The molecule has 0 aliphatic rings. The summed E-state index contributed by atoms with van der Waals surface area (Å²) < 4.78 is 1.10. The highest BCUT2D eigenvalue weighted by Crippen LogP contribution is 2.33. The van der Waals surface area contributed by atoms with Gasteiger partial charge in [0.1, 0.15) is 0 Å². The summed E-state index contributed by atoms with van der Waals surface area (Å²) in [6, 6.07) is 8.15. The lowest BCUT2D eigenvalue weighted by Crippen LogP contribution is -1.83. The van der Waals surface area contributed by atoms with Crippen LogP contribution < -0.4 is 5.32 Å². The van der Waals surface area contributed by atoms with Gasteiger partial charge < -0.3 is 5.32 Å². The Morgan fingerprint density at radius 3 is 2.79 bits per heavy atom. The normalized spacial score (nSPS) is 10.1. The third-order valence-corrected chi connectivity index (χ3v) is 3.60. The SMILES string of the molecule is CNc1ncc(-c2ccccc2Br)s1. The van der Waals surface area contributed by atoms with Crippen LogP contribution in [-0.2, 0) is 0 Å². The number of halogens is 1. The minimum Gasteiger partial charge on any atom is -0.365 e. The Balaban J connectivity index is 2.44. The number of nitrogens with one attached hydrogen (secondary N) is 1. The molecule has 2 nitrogen and oxygen atoms in total. The van der Waals surface area contributed by atoms with Gasteiger partial charge in [0.25, 0.3) is 0 Å². The van der Waals surface area contributed by atoms with Gasteiger partial charge in [-0.15, -0.1) is 0 Å². The van der Waals surface area contributed by atoms with Crippen LogP contribution >= 0.6 is 27.3 Å². The molecular weight excluding hydrogens is 260 g/mol. The van der Waals surface area contributed by atoms with E-state index in [-0.39, 0.29) is 0 Å². The highest BCUT2D eigenvalue weighted by atomic mass is 79.9. The minimum atomic E-state index is 0.941. The summed E-state index contributed by atoms with van der Waals surface area (Å²) in [6.45, 7) is 0. The van der Waals surface area contributed by atoms with Crippen molar-refractivity contribution in [3.63, 3.8) is 0 Å². The molecular formula is C10H9BrN2S. The van der Waals surface area contributed by atoms with Gasteiger partial charge in [0.05, 0.1) is 4.88 Å². The number of thiazole rings is 1. The van der Waals surface area contributed by atoms with Crippen LogP contribution in [0.4, 0.5) is 5.13 Å². The molecule has 1 heterocycles. The van der Waals surface area contributed by atoms with Crippen molar-refractivity contribution in [3.05, 3.63) is 34.9 Å². The Bertz CT molecular complexity index is 439. The van der Waals surface area contributed by atoms with Crippen LogP contribution in [0.25, 0.3) is 10.4 Å². The van der Waals surface area contributed by atoms with Crippen molar-refractivity contribution in [1.82, 2.24) is 4.98 Å². The molecule has 0 atom stereocenters. The summed E-state index contributed by atoms with van der Waals surface area (Å²) in [4.78, 5) is 5.41. The lowest BCUT2D eigenvalue weighted by molar-refractivity contribution is 1.37. The fourth-order valence-electron chi connectivity index (χ4n) is 1.18. The van der Waals surface area contributed by atoms with Gasteiger partial charge in [-0.25, -0.2) is 4.98 Å². The minimum absolute atomic E-state index is 0.941. The average molecular weight is 269 g/mol. The molecule has 0 bridgehead atoms. The van der Waals surface area contributed by atoms with E-state index >= 15 is 0 Å². The smallest absolute Gasteiger partial charge is 0.182 e. The highest BCUT2D eigenvalue weighted by Gasteiger charge is 2.05. The fraction of sp³-hybridized carbons (Fsp3) is 0.100. The van der Waals surface area contributed by atoms with Crippen LogP contribution in [-0.4, -0.2) is 12.0 Å². The number of hydrogen-bond acceptors (Lipinski definition) is 3. The first-order valence-corrected chi connectivity index (χ1v) is 5.80. The van der Waals surface area contributed by atoms with Crippen molar-refractivity contribution in [2.45, 2.75) is 0 Å². The van der Waals surface area contributed by atoms with Gasteiger partial charge >= 0.3 is 0 Å². The Labute approximate surface area is 95.1 Å². The summed E-state index contributed by atoms with van der Waals surface area (Å²) in [6.07, 6.45) is 1.89. The van der Waals surface area contributed by atoms with Crippen molar-refractivity contribution >= 4 is 32.4 Å². The Hall–Kier alpha value is -0.870. The highest BCUT2D eigenvalue weighted by molar-refractivity contribution is 9.10. The van der Waals surface area contributed by atoms with Gasteiger partial charge in [-0.1, -0.05) is 45.5 Å². The molecule has 1 N–H and O–H groups in total. The summed E-state index contributed by atoms with van der Waals surface area (Å²) >= 11 is 5.17. The topological polar surface area (TPSA) is 24.9 Å². The van der Waals surface area contributed by atoms with Crippen LogP contribution in [0.5, 0.6) is 0 Å². The zero-order chi connectivity index (χ0) is 9.97. The van der Waals surface area contributed by atoms with E-state index in [1.807, 2.05) is 31.4 Å². The molecule has 0 fully saturated rings. The lowest BCUT2D eigenvalue weighted by atomic mass is 10.2. The van der Waals surface area contributed by atoms with E-state index in [1.165, 1.54) is 10.4 Å². The maximum atomic E-state index is 4.24. The van der Waals surface area contributed by atoms with Gasteiger partial charge in [-0.05, 0) is 6.07 Å². The van der Waals surface area contributed by atoms with Crippen molar-refractivity contribution in [1.29, 1.82) is 0 Å². The molecule has 0 saturated heterocycles. The quantitative estimate of drug-likeness (QED) is 0.900. The van der Waals surface area contributed by atoms with E-state index in [9.17, 15) is 0 Å². The summed E-state index contributed by atoms with van der Waals surface area (Å²) in [5.41, 5.74) is 1.19.